The lowest BCUT2D eigenvalue weighted by Crippen LogP contribution is -2.20. The molecule has 0 saturated heterocycles. The first kappa shape index (κ1) is 11.2. The van der Waals surface area contributed by atoms with Gasteiger partial charge in [-0.05, 0) is 46.7 Å². The van der Waals surface area contributed by atoms with Crippen LogP contribution in [0.25, 0.3) is 0 Å². The van der Waals surface area contributed by atoms with Gasteiger partial charge in [-0.3, -0.25) is 0 Å². The molecule has 0 aliphatic heterocycles. The lowest BCUT2D eigenvalue weighted by molar-refractivity contribution is 0.349. The largest absolute Gasteiger partial charge is 0.148 e. The van der Waals surface area contributed by atoms with Crippen LogP contribution in [0.3, 0.4) is 0 Å². The summed E-state index contributed by atoms with van der Waals surface area (Å²) in [6.45, 7) is 0. The first-order chi connectivity index (χ1) is 6.74. The highest BCUT2D eigenvalue weighted by molar-refractivity contribution is 9.10. The van der Waals surface area contributed by atoms with E-state index in [0.717, 1.165) is 5.33 Å². The van der Waals surface area contributed by atoms with Crippen molar-refractivity contribution in [3.63, 3.8) is 0 Å². The lowest BCUT2D eigenvalue weighted by atomic mass is 9.84. The Kier molecular flexibility index (Phi) is 3.72. The molecule has 14 heavy (non-hydrogen) atoms. The van der Waals surface area contributed by atoms with E-state index < -0.39 is 0 Å². The van der Waals surface area contributed by atoms with Crippen molar-refractivity contribution >= 4 is 43.2 Å². The predicted octanol–water partition coefficient (Wildman–Crippen LogP) is 5.01. The van der Waals surface area contributed by atoms with E-state index in [1.165, 1.54) is 41.5 Å². The van der Waals surface area contributed by atoms with Crippen LogP contribution in [0.5, 0.6) is 0 Å². The third-order valence-electron chi connectivity index (χ3n) is 3.12. The topological polar surface area (TPSA) is 0 Å². The quantitative estimate of drug-likeness (QED) is 0.680. The van der Waals surface area contributed by atoms with E-state index in [1.807, 2.05) is 11.3 Å². The molecule has 0 nitrogen and oxygen atoms in total. The second-order valence-electron chi connectivity index (χ2n) is 4.25. The van der Waals surface area contributed by atoms with E-state index in [4.69, 9.17) is 0 Å². The van der Waals surface area contributed by atoms with Gasteiger partial charge in [0.2, 0.25) is 0 Å². The Bertz CT molecular complexity index is 300. The third kappa shape index (κ3) is 2.42. The molecule has 0 N–H and O–H groups in total. The molecule has 1 aromatic rings. The highest BCUT2D eigenvalue weighted by atomic mass is 79.9. The van der Waals surface area contributed by atoms with Gasteiger partial charge < -0.3 is 0 Å². The number of alkyl halides is 1. The molecule has 0 spiro atoms. The maximum Gasteiger partial charge on any atom is 0.0285 e. The van der Waals surface area contributed by atoms with Gasteiger partial charge in [-0.25, -0.2) is 0 Å². The predicted molar refractivity (Wildman–Crippen MR) is 70.4 cm³/mol. The lowest BCUT2D eigenvalue weighted by Gasteiger charge is -2.25. The van der Waals surface area contributed by atoms with Gasteiger partial charge in [-0.2, -0.15) is 0 Å². The standard InChI is InChI=1S/C11H14Br2S/c12-8-11(3-1-2-4-11)6-10-5-9(13)7-14-10/h5,7H,1-4,6,8H2. The fourth-order valence-electron chi connectivity index (χ4n) is 2.30. The monoisotopic (exact) mass is 336 g/mol. The summed E-state index contributed by atoms with van der Waals surface area (Å²) in [5.74, 6) is 0. The highest BCUT2D eigenvalue weighted by Gasteiger charge is 2.33. The third-order valence-corrected chi connectivity index (χ3v) is 6.01. The first-order valence-electron chi connectivity index (χ1n) is 5.03. The first-order valence-corrected chi connectivity index (χ1v) is 7.82. The second kappa shape index (κ2) is 4.67. The Balaban J connectivity index is 2.08. The number of thiophene rings is 1. The van der Waals surface area contributed by atoms with Crippen LogP contribution in [0.2, 0.25) is 0 Å². The Hall–Kier alpha value is 0.660. The minimum atomic E-state index is 0.560. The second-order valence-corrected chi connectivity index (χ2v) is 6.72. The maximum atomic E-state index is 3.69. The zero-order chi connectivity index (χ0) is 10.0. The molecular weight excluding hydrogens is 324 g/mol. The molecule has 1 aromatic heterocycles. The van der Waals surface area contributed by atoms with E-state index in [1.54, 1.807) is 0 Å². The molecule has 0 radical (unpaired) electrons. The molecule has 1 fully saturated rings. The SMILES string of the molecule is BrCC1(Cc2cc(Br)cs2)CCCC1. The number of hydrogen-bond donors (Lipinski definition) is 0. The Labute approximate surface area is 106 Å². The normalized spacial score (nSPS) is 20.1. The van der Waals surface area contributed by atoms with Crippen LogP contribution in [-0.2, 0) is 6.42 Å². The number of hydrogen-bond acceptors (Lipinski definition) is 1. The van der Waals surface area contributed by atoms with Gasteiger partial charge in [0.15, 0.2) is 0 Å². The van der Waals surface area contributed by atoms with Crippen LogP contribution in [0.1, 0.15) is 30.6 Å². The molecule has 78 valence electrons. The minimum Gasteiger partial charge on any atom is -0.148 e. The number of halogens is 2. The van der Waals surface area contributed by atoms with Crippen LogP contribution in [0.15, 0.2) is 15.9 Å². The molecule has 0 aromatic carbocycles. The Morgan fingerprint density at radius 3 is 2.57 bits per heavy atom. The summed E-state index contributed by atoms with van der Waals surface area (Å²) in [5, 5.41) is 3.35. The molecule has 0 amide bonds. The van der Waals surface area contributed by atoms with E-state index in [9.17, 15) is 0 Å². The van der Waals surface area contributed by atoms with E-state index in [2.05, 4.69) is 43.3 Å². The summed E-state index contributed by atoms with van der Waals surface area (Å²) in [6, 6.07) is 2.27. The molecule has 1 saturated carbocycles. The van der Waals surface area contributed by atoms with Gasteiger partial charge in [0.1, 0.15) is 0 Å². The zero-order valence-electron chi connectivity index (χ0n) is 8.06. The Morgan fingerprint density at radius 1 is 1.36 bits per heavy atom. The summed E-state index contributed by atoms with van der Waals surface area (Å²) in [7, 11) is 0. The van der Waals surface area contributed by atoms with Crippen molar-refractivity contribution < 1.29 is 0 Å². The fourth-order valence-corrected chi connectivity index (χ4v) is 4.68. The summed E-state index contributed by atoms with van der Waals surface area (Å²) in [5.41, 5.74) is 0.560. The van der Waals surface area contributed by atoms with Crippen molar-refractivity contribution in [2.75, 3.05) is 5.33 Å². The van der Waals surface area contributed by atoms with Gasteiger partial charge in [0, 0.05) is 20.1 Å². The van der Waals surface area contributed by atoms with Crippen molar-refractivity contribution in [1.82, 2.24) is 0 Å². The number of rotatable bonds is 3. The average molecular weight is 338 g/mol. The van der Waals surface area contributed by atoms with Gasteiger partial charge in [-0.15, -0.1) is 11.3 Å². The van der Waals surface area contributed by atoms with Crippen molar-refractivity contribution in [3.8, 4) is 0 Å². The van der Waals surface area contributed by atoms with Crippen molar-refractivity contribution in [2.24, 2.45) is 5.41 Å². The van der Waals surface area contributed by atoms with Crippen LogP contribution in [0.4, 0.5) is 0 Å². The molecule has 0 unspecified atom stereocenters. The zero-order valence-corrected chi connectivity index (χ0v) is 12.1. The molecule has 1 aliphatic carbocycles. The van der Waals surface area contributed by atoms with E-state index in [-0.39, 0.29) is 0 Å². The molecular formula is C11H14Br2S. The average Bonchev–Trinajstić information content (AvgIpc) is 2.77. The van der Waals surface area contributed by atoms with Crippen LogP contribution in [0, 0.1) is 5.41 Å². The van der Waals surface area contributed by atoms with Crippen LogP contribution in [-0.4, -0.2) is 5.33 Å². The van der Waals surface area contributed by atoms with E-state index in [0.29, 0.717) is 5.41 Å². The van der Waals surface area contributed by atoms with Crippen LogP contribution >= 0.6 is 43.2 Å². The molecule has 2 rings (SSSR count). The van der Waals surface area contributed by atoms with Crippen LogP contribution < -0.4 is 0 Å². The molecule has 1 heterocycles. The molecule has 0 bridgehead atoms. The van der Waals surface area contributed by atoms with E-state index >= 15 is 0 Å². The van der Waals surface area contributed by atoms with Crippen molar-refractivity contribution in [1.29, 1.82) is 0 Å². The fraction of sp³-hybridized carbons (Fsp3) is 0.636. The van der Waals surface area contributed by atoms with Gasteiger partial charge in [-0.1, -0.05) is 28.8 Å². The summed E-state index contributed by atoms with van der Waals surface area (Å²) in [4.78, 5) is 1.53. The Morgan fingerprint density at radius 2 is 2.07 bits per heavy atom. The summed E-state index contributed by atoms with van der Waals surface area (Å²) >= 11 is 9.09. The van der Waals surface area contributed by atoms with Crippen molar-refractivity contribution in [3.05, 3.63) is 20.8 Å². The summed E-state index contributed by atoms with van der Waals surface area (Å²) in [6.07, 6.45) is 6.88. The van der Waals surface area contributed by atoms with Gasteiger partial charge >= 0.3 is 0 Å². The van der Waals surface area contributed by atoms with Crippen molar-refractivity contribution in [2.45, 2.75) is 32.1 Å². The van der Waals surface area contributed by atoms with Gasteiger partial charge in [0.25, 0.3) is 0 Å². The maximum absolute atomic E-state index is 3.69. The molecule has 0 atom stereocenters. The molecule has 3 heteroatoms. The minimum absolute atomic E-state index is 0.560. The highest BCUT2D eigenvalue weighted by Crippen LogP contribution is 2.43. The summed E-state index contributed by atoms with van der Waals surface area (Å²) < 4.78 is 1.24. The van der Waals surface area contributed by atoms with Gasteiger partial charge in [0.05, 0.1) is 0 Å². The molecule has 1 aliphatic rings. The smallest absolute Gasteiger partial charge is 0.0285 e.